The number of benzene rings is 2. The Morgan fingerprint density at radius 3 is 2.48 bits per heavy atom. The molecule has 4 nitrogen and oxygen atoms in total. The molecule has 0 aliphatic rings. The second kappa shape index (κ2) is 9.25. The van der Waals surface area contributed by atoms with Gasteiger partial charge in [0.25, 0.3) is 5.91 Å². The van der Waals surface area contributed by atoms with E-state index in [2.05, 4.69) is 0 Å². The number of halogens is 2. The Balaban J connectivity index is 1.80. The monoisotopic (exact) mass is 377 g/mol. The van der Waals surface area contributed by atoms with E-state index in [4.69, 9.17) is 27.9 Å². The highest BCUT2D eigenvalue weighted by atomic mass is 35.5. The van der Waals surface area contributed by atoms with Crippen molar-refractivity contribution in [2.75, 3.05) is 13.7 Å². The number of amides is 1. The normalized spacial score (nSPS) is 10.7. The van der Waals surface area contributed by atoms with Crippen molar-refractivity contribution in [2.45, 2.75) is 6.54 Å². The molecule has 0 fully saturated rings. The van der Waals surface area contributed by atoms with Gasteiger partial charge < -0.3 is 9.64 Å². The van der Waals surface area contributed by atoms with Crippen molar-refractivity contribution in [2.24, 2.45) is 0 Å². The molecule has 0 heterocycles. The Hall–Kier alpha value is -2.30. The zero-order valence-electron chi connectivity index (χ0n) is 13.6. The summed E-state index contributed by atoms with van der Waals surface area (Å²) >= 11 is 11.7. The van der Waals surface area contributed by atoms with Gasteiger partial charge in [-0.2, -0.15) is 0 Å². The van der Waals surface area contributed by atoms with Crippen LogP contribution in [-0.4, -0.2) is 30.4 Å². The van der Waals surface area contributed by atoms with E-state index >= 15 is 0 Å². The van der Waals surface area contributed by atoms with Gasteiger partial charge in [0, 0.05) is 29.7 Å². The lowest BCUT2D eigenvalue weighted by Crippen LogP contribution is -2.30. The van der Waals surface area contributed by atoms with E-state index < -0.39 is 5.97 Å². The minimum Gasteiger partial charge on any atom is -0.452 e. The Morgan fingerprint density at radius 1 is 1.08 bits per heavy atom. The number of hydrogen-bond acceptors (Lipinski definition) is 3. The Bertz CT molecular complexity index is 772. The maximum Gasteiger partial charge on any atom is 0.331 e. The average Bonchev–Trinajstić information content (AvgIpc) is 2.60. The van der Waals surface area contributed by atoms with Crippen molar-refractivity contribution in [1.29, 1.82) is 0 Å². The van der Waals surface area contributed by atoms with Crippen LogP contribution in [0.1, 0.15) is 11.1 Å². The number of carbonyl (C=O) groups is 2. The van der Waals surface area contributed by atoms with Crippen LogP contribution in [0.25, 0.3) is 6.08 Å². The second-order valence-electron chi connectivity index (χ2n) is 5.37. The highest BCUT2D eigenvalue weighted by Gasteiger charge is 2.11. The molecule has 0 aromatic heterocycles. The molecule has 0 saturated heterocycles. The fourth-order valence-electron chi connectivity index (χ4n) is 2.02. The minimum absolute atomic E-state index is 0.292. The lowest BCUT2D eigenvalue weighted by Gasteiger charge is -2.17. The molecule has 0 aliphatic carbocycles. The maximum atomic E-state index is 12.0. The van der Waals surface area contributed by atoms with Crippen molar-refractivity contribution in [3.8, 4) is 0 Å². The summed E-state index contributed by atoms with van der Waals surface area (Å²) in [5, 5.41) is 1.22. The Kier molecular flexibility index (Phi) is 7.04. The average molecular weight is 378 g/mol. The highest BCUT2D eigenvalue weighted by Crippen LogP contribution is 2.12. The van der Waals surface area contributed by atoms with Crippen LogP contribution in [-0.2, 0) is 20.9 Å². The zero-order valence-corrected chi connectivity index (χ0v) is 15.1. The predicted molar refractivity (Wildman–Crippen MR) is 99.4 cm³/mol. The lowest BCUT2D eigenvalue weighted by atomic mass is 10.2. The standard InChI is InChI=1S/C19H17Cl2NO3/c1-22(12-15-5-8-16(20)9-6-15)18(23)13-25-19(24)10-7-14-3-2-4-17(21)11-14/h2-11H,12-13H2,1H3/b10-7+. The molecular formula is C19H17Cl2NO3. The van der Waals surface area contributed by atoms with Crippen LogP contribution in [0.4, 0.5) is 0 Å². The van der Waals surface area contributed by atoms with Crippen LogP contribution in [0.15, 0.2) is 54.6 Å². The van der Waals surface area contributed by atoms with E-state index in [-0.39, 0.29) is 12.5 Å². The molecule has 1 amide bonds. The van der Waals surface area contributed by atoms with Crippen molar-refractivity contribution < 1.29 is 14.3 Å². The van der Waals surface area contributed by atoms with Crippen LogP contribution >= 0.6 is 23.2 Å². The molecule has 0 bridgehead atoms. The first kappa shape index (κ1) is 19.0. The number of hydrogen-bond donors (Lipinski definition) is 0. The first-order chi connectivity index (χ1) is 11.9. The topological polar surface area (TPSA) is 46.6 Å². The molecule has 2 rings (SSSR count). The van der Waals surface area contributed by atoms with Crippen molar-refractivity contribution in [3.63, 3.8) is 0 Å². The Morgan fingerprint density at radius 2 is 1.80 bits per heavy atom. The third-order valence-corrected chi connectivity index (χ3v) is 3.84. The van der Waals surface area contributed by atoms with Gasteiger partial charge in [0.1, 0.15) is 0 Å². The number of esters is 1. The smallest absolute Gasteiger partial charge is 0.331 e. The summed E-state index contributed by atoms with van der Waals surface area (Å²) in [6.45, 7) is 0.0920. The highest BCUT2D eigenvalue weighted by molar-refractivity contribution is 6.30. The van der Waals surface area contributed by atoms with Crippen LogP contribution < -0.4 is 0 Å². The van der Waals surface area contributed by atoms with Crippen LogP contribution in [0.3, 0.4) is 0 Å². The number of likely N-dealkylation sites (N-methyl/N-ethyl adjacent to an activating group) is 1. The number of rotatable bonds is 6. The van der Waals surface area contributed by atoms with Gasteiger partial charge >= 0.3 is 5.97 Å². The van der Waals surface area contributed by atoms with Gasteiger partial charge in [-0.3, -0.25) is 4.79 Å². The van der Waals surface area contributed by atoms with E-state index in [1.807, 2.05) is 12.1 Å². The molecule has 0 unspecified atom stereocenters. The molecule has 2 aromatic rings. The summed E-state index contributed by atoms with van der Waals surface area (Å²) in [7, 11) is 1.65. The summed E-state index contributed by atoms with van der Waals surface area (Å²) in [6, 6.07) is 14.2. The van der Waals surface area contributed by atoms with Crippen molar-refractivity contribution >= 4 is 41.2 Å². The molecule has 0 saturated carbocycles. The SMILES string of the molecule is CN(Cc1ccc(Cl)cc1)C(=O)COC(=O)/C=C/c1cccc(Cl)c1. The molecule has 0 radical (unpaired) electrons. The quantitative estimate of drug-likeness (QED) is 0.559. The molecule has 130 valence electrons. The fraction of sp³-hybridized carbons (Fsp3) is 0.158. The summed E-state index contributed by atoms with van der Waals surface area (Å²) in [6.07, 6.45) is 2.84. The van der Waals surface area contributed by atoms with E-state index in [0.29, 0.717) is 16.6 Å². The lowest BCUT2D eigenvalue weighted by molar-refractivity contribution is -0.147. The van der Waals surface area contributed by atoms with Gasteiger partial charge in [0.05, 0.1) is 0 Å². The second-order valence-corrected chi connectivity index (χ2v) is 6.25. The van der Waals surface area contributed by atoms with Gasteiger partial charge in [0.15, 0.2) is 6.61 Å². The molecule has 0 N–H and O–H groups in total. The third kappa shape index (κ3) is 6.61. The molecular weight excluding hydrogens is 361 g/mol. The van der Waals surface area contributed by atoms with E-state index in [1.54, 1.807) is 49.5 Å². The molecule has 0 aliphatic heterocycles. The number of carbonyl (C=O) groups excluding carboxylic acids is 2. The Labute approximate surface area is 156 Å². The largest absolute Gasteiger partial charge is 0.452 e. The minimum atomic E-state index is -0.590. The van der Waals surface area contributed by atoms with Crippen molar-refractivity contribution in [3.05, 3.63) is 75.8 Å². The van der Waals surface area contributed by atoms with Gasteiger partial charge in [-0.15, -0.1) is 0 Å². The summed E-state index contributed by atoms with van der Waals surface area (Å²) in [5.74, 6) is -0.882. The summed E-state index contributed by atoms with van der Waals surface area (Å²) < 4.78 is 4.96. The van der Waals surface area contributed by atoms with E-state index in [0.717, 1.165) is 11.1 Å². The van der Waals surface area contributed by atoms with Gasteiger partial charge in [-0.25, -0.2) is 4.79 Å². The summed E-state index contributed by atoms with van der Waals surface area (Å²) in [5.41, 5.74) is 1.71. The van der Waals surface area contributed by atoms with Crippen LogP contribution in [0.5, 0.6) is 0 Å². The van der Waals surface area contributed by atoms with E-state index in [1.165, 1.54) is 11.0 Å². The van der Waals surface area contributed by atoms with Crippen LogP contribution in [0.2, 0.25) is 10.0 Å². The molecule has 6 heteroatoms. The van der Waals surface area contributed by atoms with Gasteiger partial charge in [-0.05, 0) is 41.5 Å². The maximum absolute atomic E-state index is 12.0. The molecule has 0 atom stereocenters. The predicted octanol–water partition coefficient (Wildman–Crippen LogP) is 4.21. The zero-order chi connectivity index (χ0) is 18.2. The number of ether oxygens (including phenoxy) is 1. The fourth-order valence-corrected chi connectivity index (χ4v) is 2.34. The molecule has 25 heavy (non-hydrogen) atoms. The van der Waals surface area contributed by atoms with Gasteiger partial charge in [-0.1, -0.05) is 47.5 Å². The molecule has 2 aromatic carbocycles. The molecule has 0 spiro atoms. The number of nitrogens with zero attached hydrogens (tertiary/aromatic N) is 1. The van der Waals surface area contributed by atoms with Gasteiger partial charge in [0.2, 0.25) is 0 Å². The first-order valence-electron chi connectivity index (χ1n) is 7.53. The van der Waals surface area contributed by atoms with E-state index in [9.17, 15) is 9.59 Å². The third-order valence-electron chi connectivity index (χ3n) is 3.36. The first-order valence-corrected chi connectivity index (χ1v) is 8.28. The summed E-state index contributed by atoms with van der Waals surface area (Å²) in [4.78, 5) is 25.2. The van der Waals surface area contributed by atoms with Crippen LogP contribution in [0, 0.1) is 0 Å². The van der Waals surface area contributed by atoms with Crippen molar-refractivity contribution in [1.82, 2.24) is 4.90 Å².